The fourth-order valence-corrected chi connectivity index (χ4v) is 1.42. The standard InChI is InChI=1S/C10H17NO/c1-3-4-7-11-10(2)6-5-8-12-9-10/h11H,5-9H2,1-2H3. The maximum absolute atomic E-state index is 5.41. The highest BCUT2D eigenvalue weighted by molar-refractivity contribution is 4.99. The summed E-state index contributed by atoms with van der Waals surface area (Å²) < 4.78 is 5.41. The number of hydrogen-bond donors (Lipinski definition) is 1. The summed E-state index contributed by atoms with van der Waals surface area (Å²) >= 11 is 0. The average Bonchev–Trinajstić information content (AvgIpc) is 2.06. The molecule has 1 N–H and O–H groups in total. The molecule has 0 bridgehead atoms. The molecular weight excluding hydrogens is 150 g/mol. The predicted octanol–water partition coefficient (Wildman–Crippen LogP) is 1.17. The van der Waals surface area contributed by atoms with Crippen LogP contribution in [0, 0.1) is 11.8 Å². The van der Waals surface area contributed by atoms with E-state index in [1.807, 2.05) is 6.92 Å². The molecule has 12 heavy (non-hydrogen) atoms. The minimum Gasteiger partial charge on any atom is -0.380 e. The van der Waals surface area contributed by atoms with Gasteiger partial charge in [-0.25, -0.2) is 0 Å². The Kier molecular flexibility index (Phi) is 3.58. The van der Waals surface area contributed by atoms with Gasteiger partial charge in [0.15, 0.2) is 0 Å². The lowest BCUT2D eigenvalue weighted by Gasteiger charge is -2.33. The van der Waals surface area contributed by atoms with Crippen molar-refractivity contribution in [1.29, 1.82) is 0 Å². The summed E-state index contributed by atoms with van der Waals surface area (Å²) in [7, 11) is 0. The average molecular weight is 167 g/mol. The van der Waals surface area contributed by atoms with Crippen molar-refractivity contribution in [2.24, 2.45) is 0 Å². The molecule has 0 aromatic rings. The first-order valence-electron chi connectivity index (χ1n) is 4.49. The second-order valence-electron chi connectivity index (χ2n) is 3.50. The van der Waals surface area contributed by atoms with E-state index in [2.05, 4.69) is 24.1 Å². The van der Waals surface area contributed by atoms with Crippen LogP contribution in [0.5, 0.6) is 0 Å². The van der Waals surface area contributed by atoms with E-state index in [0.29, 0.717) is 0 Å². The van der Waals surface area contributed by atoms with Crippen LogP contribution in [-0.2, 0) is 4.74 Å². The lowest BCUT2D eigenvalue weighted by atomic mass is 9.95. The third-order valence-electron chi connectivity index (χ3n) is 2.22. The third kappa shape index (κ3) is 2.84. The van der Waals surface area contributed by atoms with E-state index in [1.165, 1.54) is 6.42 Å². The summed E-state index contributed by atoms with van der Waals surface area (Å²) in [6.45, 7) is 6.57. The summed E-state index contributed by atoms with van der Waals surface area (Å²) in [4.78, 5) is 0. The van der Waals surface area contributed by atoms with E-state index >= 15 is 0 Å². The molecule has 0 saturated carbocycles. The summed E-state index contributed by atoms with van der Waals surface area (Å²) in [5.74, 6) is 5.88. The molecule has 2 heteroatoms. The van der Waals surface area contributed by atoms with Gasteiger partial charge in [0.05, 0.1) is 13.2 Å². The maximum Gasteiger partial charge on any atom is 0.0645 e. The van der Waals surface area contributed by atoms with Crippen LogP contribution in [0.25, 0.3) is 0 Å². The third-order valence-corrected chi connectivity index (χ3v) is 2.22. The van der Waals surface area contributed by atoms with Crippen molar-refractivity contribution in [3.63, 3.8) is 0 Å². The second-order valence-corrected chi connectivity index (χ2v) is 3.50. The topological polar surface area (TPSA) is 21.3 Å². The molecule has 0 spiro atoms. The largest absolute Gasteiger partial charge is 0.380 e. The van der Waals surface area contributed by atoms with Gasteiger partial charge in [-0.15, -0.1) is 5.92 Å². The maximum atomic E-state index is 5.41. The van der Waals surface area contributed by atoms with Gasteiger partial charge < -0.3 is 4.74 Å². The van der Waals surface area contributed by atoms with E-state index in [9.17, 15) is 0 Å². The van der Waals surface area contributed by atoms with Crippen molar-refractivity contribution in [3.8, 4) is 11.8 Å². The van der Waals surface area contributed by atoms with Crippen LogP contribution < -0.4 is 5.32 Å². The highest BCUT2D eigenvalue weighted by Crippen LogP contribution is 2.17. The molecule has 1 fully saturated rings. The minimum atomic E-state index is 0.155. The molecule has 1 aliphatic rings. The number of nitrogens with one attached hydrogen (secondary N) is 1. The Morgan fingerprint density at radius 1 is 1.58 bits per heavy atom. The van der Waals surface area contributed by atoms with Gasteiger partial charge in [0.2, 0.25) is 0 Å². The Hall–Kier alpha value is -0.520. The van der Waals surface area contributed by atoms with Crippen LogP contribution in [0.15, 0.2) is 0 Å². The van der Waals surface area contributed by atoms with Crippen molar-refractivity contribution in [1.82, 2.24) is 5.32 Å². The van der Waals surface area contributed by atoms with Crippen LogP contribution in [0.2, 0.25) is 0 Å². The first-order valence-corrected chi connectivity index (χ1v) is 4.49. The highest BCUT2D eigenvalue weighted by atomic mass is 16.5. The van der Waals surface area contributed by atoms with Gasteiger partial charge in [-0.3, -0.25) is 5.32 Å². The van der Waals surface area contributed by atoms with Crippen LogP contribution in [0.4, 0.5) is 0 Å². The molecule has 0 aromatic carbocycles. The van der Waals surface area contributed by atoms with E-state index < -0.39 is 0 Å². The fourth-order valence-electron chi connectivity index (χ4n) is 1.42. The van der Waals surface area contributed by atoms with E-state index in [1.54, 1.807) is 0 Å². The smallest absolute Gasteiger partial charge is 0.0645 e. The molecule has 0 aliphatic carbocycles. The zero-order valence-electron chi connectivity index (χ0n) is 7.94. The van der Waals surface area contributed by atoms with Gasteiger partial charge in [-0.1, -0.05) is 5.92 Å². The summed E-state index contributed by atoms with van der Waals surface area (Å²) in [5.41, 5.74) is 0.155. The molecule has 0 amide bonds. The summed E-state index contributed by atoms with van der Waals surface area (Å²) in [5, 5.41) is 3.40. The summed E-state index contributed by atoms with van der Waals surface area (Å²) in [6, 6.07) is 0. The molecular formula is C10H17NO. The molecule has 1 unspecified atom stereocenters. The molecule has 68 valence electrons. The molecule has 0 radical (unpaired) electrons. The van der Waals surface area contributed by atoms with Crippen LogP contribution in [-0.4, -0.2) is 25.3 Å². The molecule has 1 saturated heterocycles. The number of rotatable bonds is 2. The molecule has 0 aromatic heterocycles. The Bertz CT molecular complexity index is 184. The van der Waals surface area contributed by atoms with E-state index in [4.69, 9.17) is 4.74 Å². The molecule has 2 nitrogen and oxygen atoms in total. The lowest BCUT2D eigenvalue weighted by Crippen LogP contribution is -2.49. The number of ether oxygens (including phenoxy) is 1. The van der Waals surface area contributed by atoms with Crippen molar-refractivity contribution >= 4 is 0 Å². The predicted molar refractivity (Wildman–Crippen MR) is 49.9 cm³/mol. The van der Waals surface area contributed by atoms with Gasteiger partial charge in [-0.2, -0.15) is 0 Å². The lowest BCUT2D eigenvalue weighted by molar-refractivity contribution is 0.0305. The minimum absolute atomic E-state index is 0.155. The van der Waals surface area contributed by atoms with Gasteiger partial charge in [-0.05, 0) is 26.7 Å². The molecule has 1 heterocycles. The van der Waals surface area contributed by atoms with Gasteiger partial charge in [0.25, 0.3) is 0 Å². The SMILES string of the molecule is CC#CCNC1(C)CCCOC1. The Morgan fingerprint density at radius 3 is 3.00 bits per heavy atom. The monoisotopic (exact) mass is 167 g/mol. The van der Waals surface area contributed by atoms with Crippen molar-refractivity contribution in [2.45, 2.75) is 32.2 Å². The van der Waals surface area contributed by atoms with Crippen molar-refractivity contribution in [3.05, 3.63) is 0 Å². The van der Waals surface area contributed by atoms with Gasteiger partial charge in [0.1, 0.15) is 0 Å². The van der Waals surface area contributed by atoms with Crippen LogP contribution in [0.3, 0.4) is 0 Å². The van der Waals surface area contributed by atoms with E-state index in [-0.39, 0.29) is 5.54 Å². The summed E-state index contributed by atoms with van der Waals surface area (Å²) in [6.07, 6.45) is 2.35. The Morgan fingerprint density at radius 2 is 2.42 bits per heavy atom. The van der Waals surface area contributed by atoms with E-state index in [0.717, 1.165) is 26.2 Å². The second kappa shape index (κ2) is 4.49. The van der Waals surface area contributed by atoms with Gasteiger partial charge >= 0.3 is 0 Å². The van der Waals surface area contributed by atoms with Crippen molar-refractivity contribution in [2.75, 3.05) is 19.8 Å². The number of hydrogen-bond acceptors (Lipinski definition) is 2. The molecule has 1 aliphatic heterocycles. The molecule has 1 rings (SSSR count). The highest BCUT2D eigenvalue weighted by Gasteiger charge is 2.25. The van der Waals surface area contributed by atoms with Gasteiger partial charge in [0, 0.05) is 12.1 Å². The molecule has 1 atom stereocenters. The zero-order valence-corrected chi connectivity index (χ0v) is 7.94. The van der Waals surface area contributed by atoms with Crippen LogP contribution in [0.1, 0.15) is 26.7 Å². The van der Waals surface area contributed by atoms with Crippen molar-refractivity contribution < 1.29 is 4.74 Å². The quantitative estimate of drug-likeness (QED) is 0.623. The first-order chi connectivity index (χ1) is 5.77. The van der Waals surface area contributed by atoms with Crippen LogP contribution >= 0.6 is 0 Å². The Balaban J connectivity index is 2.29. The normalized spacial score (nSPS) is 29.2. The fraction of sp³-hybridized carbons (Fsp3) is 0.800. The Labute approximate surface area is 74.7 Å². The zero-order chi connectivity index (χ0) is 8.86. The first kappa shape index (κ1) is 9.57.